The zero-order chi connectivity index (χ0) is 14.3. The Bertz CT molecular complexity index is 731. The number of fused-ring (bicyclic) bond motifs is 1. The normalized spacial score (nSPS) is 17.8. The molecule has 3 N–H and O–H groups in total. The summed E-state index contributed by atoms with van der Waals surface area (Å²) in [5.41, 5.74) is 8.62. The zero-order valence-corrected chi connectivity index (χ0v) is 12.0. The fourth-order valence-corrected chi connectivity index (χ4v) is 3.36. The van der Waals surface area contributed by atoms with Crippen LogP contribution >= 0.6 is 0 Å². The Morgan fingerprint density at radius 1 is 1.25 bits per heavy atom. The highest BCUT2D eigenvalue weighted by atomic mass is 32.2. The van der Waals surface area contributed by atoms with Gasteiger partial charge in [-0.15, -0.1) is 0 Å². The molecule has 2 aromatic rings. The lowest BCUT2D eigenvalue weighted by molar-refractivity contribution is 0.388. The second-order valence-corrected chi connectivity index (χ2v) is 7.00. The van der Waals surface area contributed by atoms with E-state index in [-0.39, 0.29) is 0 Å². The van der Waals surface area contributed by atoms with Crippen LogP contribution in [0.1, 0.15) is 0 Å². The van der Waals surface area contributed by atoms with Crippen LogP contribution in [0.5, 0.6) is 0 Å². The summed E-state index contributed by atoms with van der Waals surface area (Å²) in [5.74, 6) is 0. The minimum absolute atomic E-state index is 0.485. The first-order valence-corrected chi connectivity index (χ1v) is 8.22. The lowest BCUT2D eigenvalue weighted by atomic mass is 10.1. The van der Waals surface area contributed by atoms with Crippen LogP contribution in [0.15, 0.2) is 18.3 Å². The molecule has 3 rings (SSSR count). The smallest absolute Gasteiger partial charge is 0.211 e. The summed E-state index contributed by atoms with van der Waals surface area (Å²) in [7, 11) is -3.11. The first kappa shape index (κ1) is 13.2. The van der Waals surface area contributed by atoms with Crippen molar-refractivity contribution in [2.24, 2.45) is 0 Å². The number of anilines is 2. The standard InChI is InChI=1S/C12H17N5O2S/c1-20(18,19)17-4-2-16(3-5-17)12-7-11-9(6-10(12)13)8-14-15-11/h6-8H,2-5,13H2,1H3,(H,14,15). The molecule has 0 amide bonds. The van der Waals surface area contributed by atoms with Gasteiger partial charge in [-0.2, -0.15) is 9.40 Å². The van der Waals surface area contributed by atoms with E-state index in [2.05, 4.69) is 15.1 Å². The third kappa shape index (κ3) is 2.32. The number of hydrogen-bond acceptors (Lipinski definition) is 5. The number of hydrogen-bond donors (Lipinski definition) is 2. The predicted molar refractivity (Wildman–Crippen MR) is 79.1 cm³/mol. The van der Waals surface area contributed by atoms with Crippen molar-refractivity contribution >= 4 is 32.3 Å². The molecule has 0 radical (unpaired) electrons. The van der Waals surface area contributed by atoms with E-state index in [9.17, 15) is 8.42 Å². The van der Waals surface area contributed by atoms with E-state index in [0.717, 1.165) is 16.6 Å². The Morgan fingerprint density at radius 2 is 1.95 bits per heavy atom. The molecule has 108 valence electrons. The summed E-state index contributed by atoms with van der Waals surface area (Å²) in [5, 5.41) is 7.88. The van der Waals surface area contributed by atoms with Crippen LogP contribution in [0.25, 0.3) is 10.9 Å². The second-order valence-electron chi connectivity index (χ2n) is 5.02. The highest BCUT2D eigenvalue weighted by Gasteiger charge is 2.24. The number of nitrogens with zero attached hydrogens (tertiary/aromatic N) is 3. The summed E-state index contributed by atoms with van der Waals surface area (Å²) in [6, 6.07) is 3.85. The number of piperazine rings is 1. The lowest BCUT2D eigenvalue weighted by Gasteiger charge is -2.35. The second kappa shape index (κ2) is 4.64. The van der Waals surface area contributed by atoms with Gasteiger partial charge < -0.3 is 10.6 Å². The zero-order valence-electron chi connectivity index (χ0n) is 11.2. The van der Waals surface area contributed by atoms with Gasteiger partial charge in [-0.25, -0.2) is 8.42 Å². The Morgan fingerprint density at radius 3 is 2.60 bits per heavy atom. The van der Waals surface area contributed by atoms with Crippen molar-refractivity contribution in [3.8, 4) is 0 Å². The summed E-state index contributed by atoms with van der Waals surface area (Å²) in [6.45, 7) is 2.24. The monoisotopic (exact) mass is 295 g/mol. The molecule has 2 heterocycles. The molecule has 0 unspecified atom stereocenters. The van der Waals surface area contributed by atoms with Crippen molar-refractivity contribution in [1.29, 1.82) is 0 Å². The van der Waals surface area contributed by atoms with Gasteiger partial charge in [0.05, 0.1) is 29.3 Å². The van der Waals surface area contributed by atoms with E-state index in [1.54, 1.807) is 6.20 Å². The van der Waals surface area contributed by atoms with Gasteiger partial charge in [-0.3, -0.25) is 5.10 Å². The quantitative estimate of drug-likeness (QED) is 0.773. The molecule has 1 aliphatic heterocycles. The van der Waals surface area contributed by atoms with Crippen molar-refractivity contribution in [2.75, 3.05) is 43.1 Å². The molecule has 1 fully saturated rings. The predicted octanol–water partition coefficient (Wildman–Crippen LogP) is 0.227. The van der Waals surface area contributed by atoms with Crippen LogP contribution in [0, 0.1) is 0 Å². The number of H-pyrrole nitrogens is 1. The molecule has 1 aromatic heterocycles. The Balaban J connectivity index is 1.84. The van der Waals surface area contributed by atoms with Crippen LogP contribution in [0.3, 0.4) is 0 Å². The molecule has 0 aliphatic carbocycles. The number of nitrogens with two attached hydrogens (primary N) is 1. The van der Waals surface area contributed by atoms with Gasteiger partial charge in [0.25, 0.3) is 0 Å². The molecule has 0 bridgehead atoms. The minimum Gasteiger partial charge on any atom is -0.397 e. The number of aromatic nitrogens is 2. The van der Waals surface area contributed by atoms with E-state index in [4.69, 9.17) is 5.73 Å². The molecule has 20 heavy (non-hydrogen) atoms. The molecule has 1 aliphatic rings. The topological polar surface area (TPSA) is 95.3 Å². The van der Waals surface area contributed by atoms with E-state index in [0.29, 0.717) is 31.9 Å². The first-order valence-electron chi connectivity index (χ1n) is 6.38. The number of nitrogens with one attached hydrogen (secondary N) is 1. The Hall–Kier alpha value is -1.80. The molecule has 0 spiro atoms. The van der Waals surface area contributed by atoms with Crippen LogP contribution < -0.4 is 10.6 Å². The fraction of sp³-hybridized carbons (Fsp3) is 0.417. The van der Waals surface area contributed by atoms with Crippen LogP contribution in [-0.4, -0.2) is 55.4 Å². The van der Waals surface area contributed by atoms with Gasteiger partial charge >= 0.3 is 0 Å². The fourth-order valence-electron chi connectivity index (χ4n) is 2.53. The maximum atomic E-state index is 11.5. The molecule has 1 aromatic carbocycles. The average molecular weight is 295 g/mol. The van der Waals surface area contributed by atoms with Crippen LogP contribution in [0.2, 0.25) is 0 Å². The molecular formula is C12H17N5O2S. The van der Waals surface area contributed by atoms with Gasteiger partial charge in [0.2, 0.25) is 10.0 Å². The Labute approximate surface area is 117 Å². The van der Waals surface area contributed by atoms with Gasteiger partial charge in [0, 0.05) is 31.6 Å². The van der Waals surface area contributed by atoms with Gasteiger partial charge in [0.1, 0.15) is 0 Å². The summed E-state index contributed by atoms with van der Waals surface area (Å²) < 4.78 is 24.5. The average Bonchev–Trinajstić information content (AvgIpc) is 2.84. The molecule has 8 heteroatoms. The van der Waals surface area contributed by atoms with Crippen molar-refractivity contribution in [3.63, 3.8) is 0 Å². The number of nitrogen functional groups attached to an aromatic ring is 1. The van der Waals surface area contributed by atoms with E-state index >= 15 is 0 Å². The van der Waals surface area contributed by atoms with Gasteiger partial charge in [-0.1, -0.05) is 0 Å². The molecule has 7 nitrogen and oxygen atoms in total. The van der Waals surface area contributed by atoms with Crippen molar-refractivity contribution in [2.45, 2.75) is 0 Å². The third-order valence-electron chi connectivity index (χ3n) is 3.64. The van der Waals surface area contributed by atoms with E-state index in [1.165, 1.54) is 10.6 Å². The minimum atomic E-state index is -3.11. The van der Waals surface area contributed by atoms with Gasteiger partial charge in [-0.05, 0) is 12.1 Å². The van der Waals surface area contributed by atoms with Crippen LogP contribution in [-0.2, 0) is 10.0 Å². The molecular weight excluding hydrogens is 278 g/mol. The van der Waals surface area contributed by atoms with Crippen molar-refractivity contribution in [3.05, 3.63) is 18.3 Å². The molecule has 0 atom stereocenters. The maximum absolute atomic E-state index is 11.5. The highest BCUT2D eigenvalue weighted by Crippen LogP contribution is 2.29. The highest BCUT2D eigenvalue weighted by molar-refractivity contribution is 7.88. The third-order valence-corrected chi connectivity index (χ3v) is 4.94. The number of benzene rings is 1. The lowest BCUT2D eigenvalue weighted by Crippen LogP contribution is -2.48. The summed E-state index contributed by atoms with van der Waals surface area (Å²) >= 11 is 0. The van der Waals surface area contributed by atoms with E-state index in [1.807, 2.05) is 12.1 Å². The number of sulfonamides is 1. The molecule has 1 saturated heterocycles. The van der Waals surface area contributed by atoms with Gasteiger partial charge in [0.15, 0.2) is 0 Å². The number of aromatic amines is 1. The number of rotatable bonds is 2. The largest absolute Gasteiger partial charge is 0.397 e. The SMILES string of the molecule is CS(=O)(=O)N1CCN(c2cc3[nH]ncc3cc2N)CC1. The first-order chi connectivity index (χ1) is 9.45. The van der Waals surface area contributed by atoms with Crippen molar-refractivity contribution in [1.82, 2.24) is 14.5 Å². The Kier molecular flexibility index (Phi) is 3.06. The summed E-state index contributed by atoms with van der Waals surface area (Å²) in [6.07, 6.45) is 2.98. The molecule has 0 saturated carbocycles. The maximum Gasteiger partial charge on any atom is 0.211 e. The van der Waals surface area contributed by atoms with Crippen molar-refractivity contribution < 1.29 is 8.42 Å². The summed E-state index contributed by atoms with van der Waals surface area (Å²) in [4.78, 5) is 2.11. The van der Waals surface area contributed by atoms with E-state index < -0.39 is 10.0 Å². The van der Waals surface area contributed by atoms with Crippen LogP contribution in [0.4, 0.5) is 11.4 Å².